The van der Waals surface area contributed by atoms with E-state index >= 15 is 0 Å². The Kier molecular flexibility index (Phi) is 10.3. The summed E-state index contributed by atoms with van der Waals surface area (Å²) in [6.07, 6.45) is 3.03. The molecule has 2 heterocycles. The first-order valence-electron chi connectivity index (χ1n) is 15.4. The van der Waals surface area contributed by atoms with Crippen LogP contribution < -0.4 is 14.4 Å². The van der Waals surface area contributed by atoms with Crippen molar-refractivity contribution in [2.45, 2.75) is 36.6 Å². The van der Waals surface area contributed by atoms with Crippen LogP contribution in [0.25, 0.3) is 6.08 Å². The number of amides is 1. The van der Waals surface area contributed by atoms with E-state index < -0.39 is 23.5 Å². The average Bonchev–Trinajstić information content (AvgIpc) is 3.69. The van der Waals surface area contributed by atoms with E-state index in [0.717, 1.165) is 16.7 Å². The third kappa shape index (κ3) is 7.51. The van der Waals surface area contributed by atoms with Gasteiger partial charge < -0.3 is 14.6 Å². The molecule has 1 atom stereocenters. The Morgan fingerprint density at radius 3 is 2.38 bits per heavy atom. The molecule has 1 N–H and O–H groups in total. The summed E-state index contributed by atoms with van der Waals surface area (Å²) in [6, 6.07) is 31.7. The number of anilines is 1. The summed E-state index contributed by atoms with van der Waals surface area (Å²) in [5, 5.41) is 20.2. The van der Waals surface area contributed by atoms with Crippen LogP contribution in [0.5, 0.6) is 11.5 Å². The van der Waals surface area contributed by atoms with Crippen molar-refractivity contribution >= 4 is 46.0 Å². The van der Waals surface area contributed by atoms with Gasteiger partial charge in [0, 0.05) is 5.75 Å². The Morgan fingerprint density at radius 1 is 0.917 bits per heavy atom. The minimum absolute atomic E-state index is 0.0587. The molecule has 1 aliphatic heterocycles. The quantitative estimate of drug-likeness (QED) is 0.0756. The summed E-state index contributed by atoms with van der Waals surface area (Å²) in [5.74, 6) is -0.234. The van der Waals surface area contributed by atoms with Gasteiger partial charge in [-0.05, 0) is 54.3 Å². The highest BCUT2D eigenvalue weighted by atomic mass is 32.2. The summed E-state index contributed by atoms with van der Waals surface area (Å²) < 4.78 is 12.7. The molecule has 0 fully saturated rings. The summed E-state index contributed by atoms with van der Waals surface area (Å²) >= 11 is 2.73. The highest BCUT2D eigenvalue weighted by molar-refractivity contribution is 8.00. The number of aliphatic hydroxyl groups excluding tert-OH is 1. The van der Waals surface area contributed by atoms with E-state index in [1.165, 1.54) is 39.6 Å². The molecule has 10 heteroatoms. The van der Waals surface area contributed by atoms with Gasteiger partial charge in [-0.25, -0.2) is 0 Å². The van der Waals surface area contributed by atoms with Gasteiger partial charge in [0.25, 0.3) is 5.91 Å². The van der Waals surface area contributed by atoms with Crippen molar-refractivity contribution in [2.75, 3.05) is 11.5 Å². The Bertz CT molecular complexity index is 1960. The maximum Gasteiger partial charge on any atom is 0.296 e. The lowest BCUT2D eigenvalue weighted by molar-refractivity contribution is -0.117. The second-order valence-electron chi connectivity index (χ2n) is 11.0. The molecule has 8 nitrogen and oxygen atoms in total. The van der Waals surface area contributed by atoms with E-state index in [0.29, 0.717) is 40.4 Å². The predicted molar refractivity (Wildman–Crippen MR) is 189 cm³/mol. The molecule has 6 rings (SSSR count). The molecule has 1 aliphatic rings. The third-order valence-corrected chi connectivity index (χ3v) is 9.73. The number of benzene rings is 4. The highest BCUT2D eigenvalue weighted by Gasteiger charge is 2.45. The standard InChI is InChI=1S/C38H33N3O5S2/c1-3-45-32-22-29(19-21-31(32)46-23-27-12-8-5-9-13-27)34-33(30(42)20-18-26-10-6-4-7-11-26)35(43)36(44)41(34)37-39-40-38(48-37)47-24-28-16-14-25(2)15-17-28/h4-22,34,43H,3,23-24H2,1-2H3/b20-18+. The minimum atomic E-state index is -0.990. The molecule has 48 heavy (non-hydrogen) atoms. The fraction of sp³-hybridized carbons (Fsp3) is 0.158. The molecule has 0 radical (unpaired) electrons. The lowest BCUT2D eigenvalue weighted by Crippen LogP contribution is -2.31. The molecule has 5 aromatic rings. The zero-order valence-corrected chi connectivity index (χ0v) is 28.0. The number of allylic oxidation sites excluding steroid dienone is 1. The molecule has 4 aromatic carbocycles. The average molecular weight is 676 g/mol. The van der Waals surface area contributed by atoms with Gasteiger partial charge in [-0.15, -0.1) is 10.2 Å². The van der Waals surface area contributed by atoms with Crippen molar-refractivity contribution in [2.24, 2.45) is 0 Å². The van der Waals surface area contributed by atoms with Crippen molar-refractivity contribution in [3.05, 3.63) is 148 Å². The SMILES string of the molecule is CCOc1cc(C2C(C(=O)/C=C/c3ccccc3)=C(O)C(=O)N2c2nnc(SCc3ccc(C)cc3)s2)ccc1OCc1ccccc1. The topological polar surface area (TPSA) is 102 Å². The number of hydrogen-bond acceptors (Lipinski definition) is 9. The number of rotatable bonds is 13. The predicted octanol–water partition coefficient (Wildman–Crippen LogP) is 8.30. The van der Waals surface area contributed by atoms with Gasteiger partial charge in [0.2, 0.25) is 5.13 Å². The largest absolute Gasteiger partial charge is 0.503 e. The van der Waals surface area contributed by atoms with Crippen LogP contribution in [0.1, 0.15) is 40.8 Å². The van der Waals surface area contributed by atoms with Crippen LogP contribution in [0.15, 0.2) is 125 Å². The number of aliphatic hydroxyl groups is 1. The van der Waals surface area contributed by atoms with Crippen LogP contribution in [0.2, 0.25) is 0 Å². The number of aryl methyl sites for hydroxylation is 1. The fourth-order valence-corrected chi connectivity index (χ4v) is 7.02. The zero-order chi connectivity index (χ0) is 33.5. The lowest BCUT2D eigenvalue weighted by atomic mass is 9.95. The monoisotopic (exact) mass is 675 g/mol. The first-order valence-corrected chi connectivity index (χ1v) is 17.2. The fourth-order valence-electron chi connectivity index (χ4n) is 5.20. The molecule has 242 valence electrons. The van der Waals surface area contributed by atoms with E-state index in [2.05, 4.69) is 34.5 Å². The van der Waals surface area contributed by atoms with Crippen LogP contribution in [-0.2, 0) is 21.9 Å². The Hall–Kier alpha value is -5.19. The molecule has 0 saturated heterocycles. The van der Waals surface area contributed by atoms with Gasteiger partial charge >= 0.3 is 0 Å². The van der Waals surface area contributed by atoms with E-state index in [4.69, 9.17) is 9.47 Å². The van der Waals surface area contributed by atoms with Gasteiger partial charge in [0.1, 0.15) is 6.61 Å². The van der Waals surface area contributed by atoms with Crippen molar-refractivity contribution < 1.29 is 24.2 Å². The molecular formula is C38H33N3O5S2. The molecule has 0 saturated carbocycles. The van der Waals surface area contributed by atoms with Gasteiger partial charge in [-0.3, -0.25) is 14.5 Å². The van der Waals surface area contributed by atoms with Crippen molar-refractivity contribution in [3.8, 4) is 11.5 Å². The molecule has 0 aliphatic carbocycles. The van der Waals surface area contributed by atoms with Crippen LogP contribution in [0, 0.1) is 6.92 Å². The summed E-state index contributed by atoms with van der Waals surface area (Å²) in [6.45, 7) is 4.60. The van der Waals surface area contributed by atoms with Gasteiger partial charge in [0.05, 0.1) is 18.2 Å². The Balaban J connectivity index is 1.34. The lowest BCUT2D eigenvalue weighted by Gasteiger charge is -2.24. The normalized spacial score (nSPS) is 14.6. The van der Waals surface area contributed by atoms with Crippen molar-refractivity contribution in [1.29, 1.82) is 0 Å². The Morgan fingerprint density at radius 2 is 1.65 bits per heavy atom. The van der Waals surface area contributed by atoms with Gasteiger partial charge in [-0.1, -0.05) is 126 Å². The van der Waals surface area contributed by atoms with Gasteiger partial charge in [-0.2, -0.15) is 0 Å². The van der Waals surface area contributed by atoms with Crippen LogP contribution in [0.3, 0.4) is 0 Å². The molecule has 0 spiro atoms. The molecule has 0 bridgehead atoms. The number of nitrogens with zero attached hydrogens (tertiary/aromatic N) is 3. The molecule has 1 amide bonds. The second-order valence-corrected chi connectivity index (χ2v) is 13.2. The van der Waals surface area contributed by atoms with Crippen LogP contribution in [0.4, 0.5) is 5.13 Å². The minimum Gasteiger partial charge on any atom is -0.503 e. The molecule has 1 aromatic heterocycles. The summed E-state index contributed by atoms with van der Waals surface area (Å²) in [5.41, 5.74) is 4.60. The first-order chi connectivity index (χ1) is 23.4. The maximum absolute atomic E-state index is 13.8. The van der Waals surface area contributed by atoms with Gasteiger partial charge in [0.15, 0.2) is 27.4 Å². The Labute approximate surface area is 287 Å². The molecule has 1 unspecified atom stereocenters. The number of ketones is 1. The number of aromatic nitrogens is 2. The number of carbonyl (C=O) groups is 2. The first kappa shape index (κ1) is 32.7. The zero-order valence-electron chi connectivity index (χ0n) is 26.4. The van der Waals surface area contributed by atoms with Crippen molar-refractivity contribution in [1.82, 2.24) is 10.2 Å². The summed E-state index contributed by atoms with van der Waals surface area (Å²) in [7, 11) is 0. The number of carbonyl (C=O) groups excluding carboxylic acids is 2. The maximum atomic E-state index is 13.8. The van der Waals surface area contributed by atoms with E-state index in [1.807, 2.05) is 74.5 Å². The third-order valence-electron chi connectivity index (χ3n) is 7.61. The molecular weight excluding hydrogens is 643 g/mol. The van der Waals surface area contributed by atoms with Crippen molar-refractivity contribution in [3.63, 3.8) is 0 Å². The van der Waals surface area contributed by atoms with E-state index in [9.17, 15) is 14.7 Å². The summed E-state index contributed by atoms with van der Waals surface area (Å²) in [4.78, 5) is 28.9. The smallest absolute Gasteiger partial charge is 0.296 e. The van der Waals surface area contributed by atoms with Crippen LogP contribution in [-0.4, -0.2) is 33.6 Å². The number of ether oxygens (including phenoxy) is 2. The van der Waals surface area contributed by atoms with Crippen LogP contribution >= 0.6 is 23.1 Å². The second kappa shape index (κ2) is 15.1. The van der Waals surface area contributed by atoms with E-state index in [-0.39, 0.29) is 10.7 Å². The number of hydrogen-bond donors (Lipinski definition) is 1. The highest BCUT2D eigenvalue weighted by Crippen LogP contribution is 2.45. The number of thioether (sulfide) groups is 1. The van der Waals surface area contributed by atoms with E-state index in [1.54, 1.807) is 24.3 Å².